The lowest BCUT2D eigenvalue weighted by Crippen LogP contribution is -2.37. The van der Waals surface area contributed by atoms with Crippen LogP contribution in [0.2, 0.25) is 5.02 Å². The van der Waals surface area contributed by atoms with Gasteiger partial charge in [-0.1, -0.05) is 11.6 Å². The van der Waals surface area contributed by atoms with Crippen molar-refractivity contribution in [2.24, 2.45) is 0 Å². The molecule has 1 atom stereocenters. The van der Waals surface area contributed by atoms with Crippen molar-refractivity contribution < 1.29 is 19.4 Å². The van der Waals surface area contributed by atoms with Gasteiger partial charge in [0.05, 0.1) is 31.4 Å². The van der Waals surface area contributed by atoms with E-state index in [-0.39, 0.29) is 0 Å². The fraction of sp³-hybridized carbons (Fsp3) is 0.562. The number of rotatable bonds is 5. The van der Waals surface area contributed by atoms with E-state index in [1.807, 2.05) is 13.8 Å². The summed E-state index contributed by atoms with van der Waals surface area (Å²) >= 11 is 6.35. The van der Waals surface area contributed by atoms with Gasteiger partial charge < -0.3 is 19.5 Å². The highest BCUT2D eigenvalue weighted by Gasteiger charge is 2.27. The van der Waals surface area contributed by atoms with E-state index >= 15 is 0 Å². The van der Waals surface area contributed by atoms with Crippen LogP contribution in [-0.2, 0) is 9.53 Å². The van der Waals surface area contributed by atoms with Crippen LogP contribution in [0.4, 0.5) is 5.69 Å². The second-order valence-electron chi connectivity index (χ2n) is 5.34. The average molecular weight is 328 g/mol. The number of hydrogen-bond donors (Lipinski definition) is 1. The van der Waals surface area contributed by atoms with E-state index < -0.39 is 11.9 Å². The largest absolute Gasteiger partial charge is 0.491 e. The van der Waals surface area contributed by atoms with Gasteiger partial charge in [0.25, 0.3) is 0 Å². The predicted octanol–water partition coefficient (Wildman–Crippen LogP) is 3.07. The number of aliphatic carboxylic acids is 1. The Morgan fingerprint density at radius 2 is 2.14 bits per heavy atom. The van der Waals surface area contributed by atoms with Crippen LogP contribution in [0.25, 0.3) is 0 Å². The molecule has 0 radical (unpaired) electrons. The molecule has 1 aromatic rings. The smallest absolute Gasteiger partial charge is 0.310 e. The van der Waals surface area contributed by atoms with Gasteiger partial charge in [0.2, 0.25) is 0 Å². The molecule has 0 spiro atoms. The molecule has 22 heavy (non-hydrogen) atoms. The number of carboxylic acids is 1. The van der Waals surface area contributed by atoms with Gasteiger partial charge in [-0.05, 0) is 32.4 Å². The van der Waals surface area contributed by atoms with E-state index in [4.69, 9.17) is 21.1 Å². The zero-order valence-electron chi connectivity index (χ0n) is 13.2. The van der Waals surface area contributed by atoms with Crippen LogP contribution in [0.1, 0.15) is 30.9 Å². The van der Waals surface area contributed by atoms with Gasteiger partial charge in [-0.2, -0.15) is 0 Å². The SMILES string of the molecule is CCOc1c(C(C)C(=O)O)cc(Cl)c(C)c1N1CCOCC1. The molecule has 1 heterocycles. The third-order valence-electron chi connectivity index (χ3n) is 3.93. The lowest BCUT2D eigenvalue weighted by atomic mass is 9.96. The summed E-state index contributed by atoms with van der Waals surface area (Å²) < 4.78 is 11.2. The third-order valence-corrected chi connectivity index (χ3v) is 4.32. The maximum Gasteiger partial charge on any atom is 0.310 e. The number of benzene rings is 1. The highest BCUT2D eigenvalue weighted by molar-refractivity contribution is 6.32. The second-order valence-corrected chi connectivity index (χ2v) is 5.75. The molecule has 0 saturated carbocycles. The molecule has 1 aromatic carbocycles. The topological polar surface area (TPSA) is 59.0 Å². The minimum atomic E-state index is -0.895. The first kappa shape index (κ1) is 16.9. The van der Waals surface area contributed by atoms with E-state index in [0.29, 0.717) is 36.2 Å². The van der Waals surface area contributed by atoms with Crippen molar-refractivity contribution in [2.75, 3.05) is 37.8 Å². The van der Waals surface area contributed by atoms with Gasteiger partial charge in [0, 0.05) is 23.7 Å². The second kappa shape index (κ2) is 7.20. The van der Waals surface area contributed by atoms with Crippen molar-refractivity contribution in [2.45, 2.75) is 26.7 Å². The van der Waals surface area contributed by atoms with Crippen molar-refractivity contribution in [3.05, 3.63) is 22.2 Å². The first-order valence-corrected chi connectivity index (χ1v) is 7.86. The molecule has 0 bridgehead atoms. The number of morpholine rings is 1. The lowest BCUT2D eigenvalue weighted by Gasteiger charge is -2.33. The van der Waals surface area contributed by atoms with Crippen molar-refractivity contribution in [3.8, 4) is 5.75 Å². The summed E-state index contributed by atoms with van der Waals surface area (Å²) in [4.78, 5) is 13.6. The summed E-state index contributed by atoms with van der Waals surface area (Å²) in [5, 5.41) is 9.92. The monoisotopic (exact) mass is 327 g/mol. The van der Waals surface area contributed by atoms with E-state index in [2.05, 4.69) is 4.90 Å². The van der Waals surface area contributed by atoms with Gasteiger partial charge in [-0.25, -0.2) is 0 Å². The fourth-order valence-corrected chi connectivity index (χ4v) is 2.86. The fourth-order valence-electron chi connectivity index (χ4n) is 2.65. The molecule has 0 aromatic heterocycles. The Morgan fingerprint density at radius 3 is 2.68 bits per heavy atom. The molecule has 0 aliphatic carbocycles. The zero-order valence-corrected chi connectivity index (χ0v) is 13.9. The molecule has 122 valence electrons. The van der Waals surface area contributed by atoms with Gasteiger partial charge in [0.1, 0.15) is 5.75 Å². The maximum atomic E-state index is 11.4. The van der Waals surface area contributed by atoms with Crippen LogP contribution in [0, 0.1) is 6.92 Å². The Morgan fingerprint density at radius 1 is 1.50 bits per heavy atom. The Balaban J connectivity index is 2.59. The Bertz CT molecular complexity index is 556. The van der Waals surface area contributed by atoms with E-state index in [0.717, 1.165) is 24.3 Å². The average Bonchev–Trinajstić information content (AvgIpc) is 2.51. The summed E-state index contributed by atoms with van der Waals surface area (Å²) in [5.74, 6) is -0.950. The molecule has 2 rings (SSSR count). The van der Waals surface area contributed by atoms with Crippen LogP contribution in [0.5, 0.6) is 5.75 Å². The number of ether oxygens (including phenoxy) is 2. The molecule has 1 aliphatic rings. The highest BCUT2D eigenvalue weighted by atomic mass is 35.5. The molecule has 1 aliphatic heterocycles. The van der Waals surface area contributed by atoms with Crippen molar-refractivity contribution >= 4 is 23.3 Å². The first-order valence-electron chi connectivity index (χ1n) is 7.48. The lowest BCUT2D eigenvalue weighted by molar-refractivity contribution is -0.138. The molecule has 6 heteroatoms. The van der Waals surface area contributed by atoms with Crippen LogP contribution in [0.15, 0.2) is 6.07 Å². The quantitative estimate of drug-likeness (QED) is 0.900. The normalized spacial score (nSPS) is 16.5. The number of nitrogens with zero attached hydrogens (tertiary/aromatic N) is 1. The number of carboxylic acid groups (broad SMARTS) is 1. The molecular formula is C16H22ClNO4. The molecule has 1 saturated heterocycles. The number of hydrogen-bond acceptors (Lipinski definition) is 4. The van der Waals surface area contributed by atoms with E-state index in [1.165, 1.54) is 0 Å². The maximum absolute atomic E-state index is 11.4. The molecule has 1 N–H and O–H groups in total. The van der Waals surface area contributed by atoms with E-state index in [1.54, 1.807) is 13.0 Å². The van der Waals surface area contributed by atoms with Crippen LogP contribution >= 0.6 is 11.6 Å². The van der Waals surface area contributed by atoms with Crippen molar-refractivity contribution in [1.82, 2.24) is 0 Å². The number of carbonyl (C=O) groups is 1. The van der Waals surface area contributed by atoms with Gasteiger partial charge in [-0.15, -0.1) is 0 Å². The standard InChI is InChI=1S/C16H22ClNO4/c1-4-22-15-12(10(2)16(19)20)9-13(17)11(3)14(15)18-5-7-21-8-6-18/h9-10H,4-8H2,1-3H3,(H,19,20). The summed E-state index contributed by atoms with van der Waals surface area (Å²) in [5.41, 5.74) is 2.42. The van der Waals surface area contributed by atoms with Crippen LogP contribution in [0.3, 0.4) is 0 Å². The van der Waals surface area contributed by atoms with Gasteiger partial charge in [0.15, 0.2) is 0 Å². The predicted molar refractivity (Wildman–Crippen MR) is 86.4 cm³/mol. The number of anilines is 1. The molecule has 1 fully saturated rings. The molecular weight excluding hydrogens is 306 g/mol. The van der Waals surface area contributed by atoms with Crippen molar-refractivity contribution in [3.63, 3.8) is 0 Å². The molecule has 1 unspecified atom stereocenters. The summed E-state index contributed by atoms with van der Waals surface area (Å²) in [6.45, 7) is 8.70. The minimum absolute atomic E-state index is 0.470. The summed E-state index contributed by atoms with van der Waals surface area (Å²) in [7, 11) is 0. The Kier molecular flexibility index (Phi) is 5.53. The number of halogens is 1. The zero-order chi connectivity index (χ0) is 16.3. The first-order chi connectivity index (χ1) is 10.5. The summed E-state index contributed by atoms with van der Waals surface area (Å²) in [6, 6.07) is 1.71. The third kappa shape index (κ3) is 3.31. The minimum Gasteiger partial charge on any atom is -0.491 e. The van der Waals surface area contributed by atoms with Crippen LogP contribution in [-0.4, -0.2) is 44.0 Å². The van der Waals surface area contributed by atoms with Crippen molar-refractivity contribution in [1.29, 1.82) is 0 Å². The highest BCUT2D eigenvalue weighted by Crippen LogP contribution is 2.43. The van der Waals surface area contributed by atoms with Gasteiger partial charge >= 0.3 is 5.97 Å². The van der Waals surface area contributed by atoms with E-state index in [9.17, 15) is 9.90 Å². The molecule has 0 amide bonds. The Labute approximate surface area is 135 Å². The molecule has 5 nitrogen and oxygen atoms in total. The van der Waals surface area contributed by atoms with Crippen LogP contribution < -0.4 is 9.64 Å². The summed E-state index contributed by atoms with van der Waals surface area (Å²) in [6.07, 6.45) is 0. The Hall–Kier alpha value is -1.46. The van der Waals surface area contributed by atoms with Gasteiger partial charge in [-0.3, -0.25) is 4.79 Å².